The summed E-state index contributed by atoms with van der Waals surface area (Å²) in [7, 11) is 1.49. The van der Waals surface area contributed by atoms with Crippen molar-refractivity contribution in [3.8, 4) is 5.75 Å². The van der Waals surface area contributed by atoms with Crippen molar-refractivity contribution in [2.24, 2.45) is 0 Å². The molecule has 0 unspecified atom stereocenters. The van der Waals surface area contributed by atoms with E-state index in [0.29, 0.717) is 17.0 Å². The smallest absolute Gasteiger partial charge is 0.412 e. The predicted octanol–water partition coefficient (Wildman–Crippen LogP) is 3.05. The van der Waals surface area contributed by atoms with Crippen LogP contribution >= 0.6 is 0 Å². The second kappa shape index (κ2) is 11.3. The Morgan fingerprint density at radius 3 is 2.43 bits per heavy atom. The standard InChI is InChI=1S/C21H27NO6/c1-15-7-9-16(10-8-15)22-21(25)28-20(19(26-2)11-12-23)17-5-3-4-6-18(17)27-14-13-24/h3-10,19-20,23-24H,11-14H2,1-2H3,(H,22,25)/t19-,20-/m0/s1. The third kappa shape index (κ3) is 6.23. The normalized spacial score (nSPS) is 12.9. The van der Waals surface area contributed by atoms with Crippen molar-refractivity contribution in [3.63, 3.8) is 0 Å². The van der Waals surface area contributed by atoms with Gasteiger partial charge in [0.05, 0.1) is 6.61 Å². The summed E-state index contributed by atoms with van der Waals surface area (Å²) < 4.78 is 16.7. The van der Waals surface area contributed by atoms with Gasteiger partial charge in [-0.3, -0.25) is 5.32 Å². The zero-order chi connectivity index (χ0) is 20.4. The van der Waals surface area contributed by atoms with E-state index in [1.54, 1.807) is 36.4 Å². The van der Waals surface area contributed by atoms with Gasteiger partial charge in [-0.05, 0) is 25.1 Å². The number of hydrogen-bond acceptors (Lipinski definition) is 6. The summed E-state index contributed by atoms with van der Waals surface area (Å²) in [5.74, 6) is 0.477. The molecule has 7 nitrogen and oxygen atoms in total. The third-order valence-corrected chi connectivity index (χ3v) is 4.16. The molecular weight excluding hydrogens is 362 g/mol. The zero-order valence-corrected chi connectivity index (χ0v) is 16.1. The molecule has 0 aliphatic carbocycles. The Hall–Kier alpha value is -2.61. The molecule has 0 bridgehead atoms. The van der Waals surface area contributed by atoms with Crippen molar-refractivity contribution in [1.82, 2.24) is 0 Å². The number of para-hydroxylation sites is 1. The molecule has 2 aromatic rings. The van der Waals surface area contributed by atoms with Crippen molar-refractivity contribution >= 4 is 11.8 Å². The van der Waals surface area contributed by atoms with E-state index in [2.05, 4.69) is 5.32 Å². The summed E-state index contributed by atoms with van der Waals surface area (Å²) >= 11 is 0. The third-order valence-electron chi connectivity index (χ3n) is 4.16. The first kappa shape index (κ1) is 21.7. The van der Waals surface area contributed by atoms with Gasteiger partial charge >= 0.3 is 6.09 Å². The van der Waals surface area contributed by atoms with Crippen LogP contribution in [0.15, 0.2) is 48.5 Å². The fraction of sp³-hybridized carbons (Fsp3) is 0.381. The molecule has 2 aromatic carbocycles. The number of aliphatic hydroxyl groups excluding tert-OH is 2. The number of carbonyl (C=O) groups excluding carboxylic acids is 1. The van der Waals surface area contributed by atoms with E-state index < -0.39 is 18.3 Å². The molecule has 0 spiro atoms. The number of benzene rings is 2. The van der Waals surface area contributed by atoms with E-state index in [-0.39, 0.29) is 26.2 Å². The van der Waals surface area contributed by atoms with Crippen molar-refractivity contribution in [2.75, 3.05) is 32.2 Å². The average molecular weight is 389 g/mol. The monoisotopic (exact) mass is 389 g/mol. The maximum absolute atomic E-state index is 12.5. The van der Waals surface area contributed by atoms with Gasteiger partial charge in [-0.1, -0.05) is 35.9 Å². The van der Waals surface area contributed by atoms with Crippen molar-refractivity contribution < 1.29 is 29.2 Å². The fourth-order valence-corrected chi connectivity index (χ4v) is 2.76. The van der Waals surface area contributed by atoms with E-state index in [4.69, 9.17) is 19.3 Å². The lowest BCUT2D eigenvalue weighted by atomic mass is 10.0. The highest BCUT2D eigenvalue weighted by atomic mass is 16.6. The van der Waals surface area contributed by atoms with Gasteiger partial charge in [0.15, 0.2) is 6.10 Å². The minimum Gasteiger partial charge on any atom is -0.491 e. The second-order valence-corrected chi connectivity index (χ2v) is 6.21. The van der Waals surface area contributed by atoms with Gasteiger partial charge in [-0.15, -0.1) is 0 Å². The predicted molar refractivity (Wildman–Crippen MR) is 106 cm³/mol. The quantitative estimate of drug-likeness (QED) is 0.578. The van der Waals surface area contributed by atoms with E-state index in [9.17, 15) is 9.90 Å². The maximum atomic E-state index is 12.5. The number of carbonyl (C=O) groups is 1. The molecule has 0 saturated heterocycles. The number of anilines is 1. The molecule has 28 heavy (non-hydrogen) atoms. The summed E-state index contributed by atoms with van der Waals surface area (Å²) in [5.41, 5.74) is 2.28. The van der Waals surface area contributed by atoms with Gasteiger partial charge in [0.2, 0.25) is 0 Å². The van der Waals surface area contributed by atoms with Gasteiger partial charge in [-0.2, -0.15) is 0 Å². The van der Waals surface area contributed by atoms with Crippen molar-refractivity contribution in [3.05, 3.63) is 59.7 Å². The van der Waals surface area contributed by atoms with E-state index in [1.165, 1.54) is 7.11 Å². The van der Waals surface area contributed by atoms with Crippen LogP contribution in [0, 0.1) is 6.92 Å². The van der Waals surface area contributed by atoms with Gasteiger partial charge in [-0.25, -0.2) is 4.79 Å². The number of aryl methyl sites for hydroxylation is 1. The van der Waals surface area contributed by atoms with Crippen LogP contribution < -0.4 is 10.1 Å². The topological polar surface area (TPSA) is 97.2 Å². The summed E-state index contributed by atoms with van der Waals surface area (Å²) in [6.45, 7) is 1.80. The van der Waals surface area contributed by atoms with Gasteiger partial charge in [0.1, 0.15) is 18.5 Å². The number of methoxy groups -OCH3 is 1. The molecule has 2 atom stereocenters. The molecule has 0 aliphatic rings. The number of amides is 1. The highest BCUT2D eigenvalue weighted by molar-refractivity contribution is 5.84. The zero-order valence-electron chi connectivity index (χ0n) is 16.1. The first-order chi connectivity index (χ1) is 13.6. The molecule has 0 fully saturated rings. The summed E-state index contributed by atoms with van der Waals surface area (Å²) in [6.07, 6.45) is -1.76. The molecule has 3 N–H and O–H groups in total. The number of nitrogens with one attached hydrogen (secondary N) is 1. The maximum Gasteiger partial charge on any atom is 0.412 e. The van der Waals surface area contributed by atoms with Crippen LogP contribution in [0.25, 0.3) is 0 Å². The lowest BCUT2D eigenvalue weighted by Crippen LogP contribution is -2.29. The van der Waals surface area contributed by atoms with E-state index in [1.807, 2.05) is 19.1 Å². The van der Waals surface area contributed by atoms with Crippen LogP contribution in [0.2, 0.25) is 0 Å². The minimum atomic E-state index is -0.808. The Bertz CT molecular complexity index is 734. The molecule has 0 saturated carbocycles. The molecule has 0 aliphatic heterocycles. The highest BCUT2D eigenvalue weighted by Gasteiger charge is 2.29. The van der Waals surface area contributed by atoms with Crippen LogP contribution in [-0.2, 0) is 9.47 Å². The van der Waals surface area contributed by atoms with Crippen molar-refractivity contribution in [1.29, 1.82) is 0 Å². The highest BCUT2D eigenvalue weighted by Crippen LogP contribution is 2.33. The second-order valence-electron chi connectivity index (χ2n) is 6.21. The Labute approximate surface area is 164 Å². The number of ether oxygens (including phenoxy) is 3. The Morgan fingerprint density at radius 2 is 1.79 bits per heavy atom. The molecule has 2 rings (SSSR count). The van der Waals surface area contributed by atoms with Crippen LogP contribution in [-0.4, -0.2) is 49.3 Å². The summed E-state index contributed by atoms with van der Waals surface area (Å²) in [4.78, 5) is 12.5. The molecule has 0 heterocycles. The molecule has 0 aromatic heterocycles. The number of aliphatic hydroxyl groups is 2. The largest absolute Gasteiger partial charge is 0.491 e. The van der Waals surface area contributed by atoms with Gasteiger partial charge in [0.25, 0.3) is 0 Å². The molecule has 0 radical (unpaired) electrons. The Morgan fingerprint density at radius 1 is 1.07 bits per heavy atom. The summed E-state index contributed by atoms with van der Waals surface area (Å²) in [6, 6.07) is 14.4. The minimum absolute atomic E-state index is 0.108. The molecule has 152 valence electrons. The average Bonchev–Trinajstić information content (AvgIpc) is 2.71. The lowest BCUT2D eigenvalue weighted by Gasteiger charge is -2.27. The molecule has 1 amide bonds. The SMILES string of the molecule is CO[C@@H](CCO)[C@@H](OC(=O)Nc1ccc(C)cc1)c1ccccc1OCCO. The van der Waals surface area contributed by atoms with E-state index >= 15 is 0 Å². The Kier molecular flexibility index (Phi) is 8.74. The van der Waals surface area contributed by atoms with Crippen LogP contribution in [0.3, 0.4) is 0 Å². The van der Waals surface area contributed by atoms with Crippen LogP contribution in [0.1, 0.15) is 23.7 Å². The Balaban J connectivity index is 2.24. The molecule has 7 heteroatoms. The molecular formula is C21H27NO6. The van der Waals surface area contributed by atoms with Crippen LogP contribution in [0.5, 0.6) is 5.75 Å². The van der Waals surface area contributed by atoms with Crippen LogP contribution in [0.4, 0.5) is 10.5 Å². The van der Waals surface area contributed by atoms with Gasteiger partial charge in [0, 0.05) is 31.4 Å². The first-order valence-electron chi connectivity index (χ1n) is 9.09. The fourth-order valence-electron chi connectivity index (χ4n) is 2.76. The first-order valence-corrected chi connectivity index (χ1v) is 9.09. The van der Waals surface area contributed by atoms with Crippen molar-refractivity contribution in [2.45, 2.75) is 25.6 Å². The summed E-state index contributed by atoms with van der Waals surface area (Å²) in [5, 5.41) is 21.1. The van der Waals surface area contributed by atoms with Gasteiger partial charge < -0.3 is 24.4 Å². The number of rotatable bonds is 10. The lowest BCUT2D eigenvalue weighted by molar-refractivity contribution is -0.0316. The number of hydrogen-bond donors (Lipinski definition) is 3. The van der Waals surface area contributed by atoms with E-state index in [0.717, 1.165) is 5.56 Å².